The van der Waals surface area contributed by atoms with Crippen molar-refractivity contribution in [2.24, 2.45) is 0 Å². The van der Waals surface area contributed by atoms with Crippen LogP contribution in [0.15, 0.2) is 24.3 Å². The molecule has 1 aliphatic rings. The Morgan fingerprint density at radius 1 is 1.47 bits per heavy atom. The summed E-state index contributed by atoms with van der Waals surface area (Å²) in [6, 6.07) is 7.64. The Labute approximate surface area is 119 Å². The van der Waals surface area contributed by atoms with E-state index in [9.17, 15) is 4.79 Å². The van der Waals surface area contributed by atoms with Gasteiger partial charge < -0.3 is 10.6 Å². The molecule has 2 N–H and O–H groups in total. The van der Waals surface area contributed by atoms with Crippen LogP contribution in [0.3, 0.4) is 0 Å². The lowest BCUT2D eigenvalue weighted by molar-refractivity contribution is -0.116. The molecule has 1 amide bonds. The lowest BCUT2D eigenvalue weighted by Crippen LogP contribution is -2.22. The average molecular weight is 294 g/mol. The molecule has 0 fully saturated rings. The van der Waals surface area contributed by atoms with E-state index in [2.05, 4.69) is 15.6 Å². The number of carbonyl (C=O) groups is 1. The smallest absolute Gasteiger partial charge is 0.226 e. The zero-order chi connectivity index (χ0) is 13.4. The number of rotatable bonds is 2. The number of anilines is 2. The first-order valence-electron chi connectivity index (χ1n) is 5.92. The quantitative estimate of drug-likeness (QED) is 0.893. The van der Waals surface area contributed by atoms with Gasteiger partial charge in [-0.3, -0.25) is 4.79 Å². The molecule has 2 aromatic rings. The Kier molecular flexibility index (Phi) is 3.16. The molecular formula is C13H12ClN3OS. The van der Waals surface area contributed by atoms with Gasteiger partial charge in [0.25, 0.3) is 0 Å². The van der Waals surface area contributed by atoms with E-state index in [1.165, 1.54) is 0 Å². The zero-order valence-corrected chi connectivity index (χ0v) is 11.8. The van der Waals surface area contributed by atoms with Crippen molar-refractivity contribution in [2.75, 3.05) is 17.7 Å². The Bertz CT molecular complexity index is 641. The monoisotopic (exact) mass is 293 g/mol. The van der Waals surface area contributed by atoms with E-state index < -0.39 is 0 Å². The van der Waals surface area contributed by atoms with Gasteiger partial charge in [-0.05, 0) is 11.6 Å². The molecule has 0 saturated heterocycles. The highest BCUT2D eigenvalue weighted by Gasteiger charge is 2.31. The number of hydrogen-bond donors (Lipinski definition) is 2. The standard InChI is InChI=1S/C13H12ClN3OS/c1-15-13-17-12-11(19-13)8(6-10(18)16-12)7-4-2-3-5-9(7)14/h2-5,8H,6H2,1H3,(H,15,17)(H,16,18). The molecule has 0 spiro atoms. The van der Waals surface area contributed by atoms with Crippen LogP contribution in [0.4, 0.5) is 10.9 Å². The number of halogens is 1. The number of aromatic nitrogens is 1. The summed E-state index contributed by atoms with van der Waals surface area (Å²) in [6.45, 7) is 0. The summed E-state index contributed by atoms with van der Waals surface area (Å²) in [6.07, 6.45) is 0.405. The Balaban J connectivity index is 2.10. The van der Waals surface area contributed by atoms with Crippen molar-refractivity contribution in [1.82, 2.24) is 4.98 Å². The maximum atomic E-state index is 11.8. The Morgan fingerprint density at radius 3 is 3.00 bits per heavy atom. The summed E-state index contributed by atoms with van der Waals surface area (Å²) in [7, 11) is 1.82. The van der Waals surface area contributed by atoms with Crippen molar-refractivity contribution in [1.29, 1.82) is 0 Å². The first-order valence-corrected chi connectivity index (χ1v) is 7.11. The zero-order valence-electron chi connectivity index (χ0n) is 10.2. The molecule has 98 valence electrons. The minimum Gasteiger partial charge on any atom is -0.365 e. The number of hydrogen-bond acceptors (Lipinski definition) is 4. The molecule has 0 radical (unpaired) electrons. The van der Waals surface area contributed by atoms with E-state index in [-0.39, 0.29) is 11.8 Å². The van der Waals surface area contributed by atoms with E-state index >= 15 is 0 Å². The van der Waals surface area contributed by atoms with Crippen LogP contribution in [-0.2, 0) is 4.79 Å². The molecule has 1 atom stereocenters. The molecule has 2 heterocycles. The van der Waals surface area contributed by atoms with Crippen LogP contribution in [0.25, 0.3) is 0 Å². The lowest BCUT2D eigenvalue weighted by Gasteiger charge is -2.22. The van der Waals surface area contributed by atoms with Gasteiger partial charge in [-0.15, -0.1) is 0 Å². The summed E-state index contributed by atoms with van der Waals surface area (Å²) in [4.78, 5) is 17.2. The molecule has 19 heavy (non-hydrogen) atoms. The summed E-state index contributed by atoms with van der Waals surface area (Å²) in [5, 5.41) is 7.30. The fraction of sp³-hybridized carbons (Fsp3) is 0.231. The van der Waals surface area contributed by atoms with Gasteiger partial charge in [0.15, 0.2) is 5.13 Å². The van der Waals surface area contributed by atoms with E-state index in [0.29, 0.717) is 17.3 Å². The molecule has 4 nitrogen and oxygen atoms in total. The second-order valence-electron chi connectivity index (χ2n) is 4.31. The van der Waals surface area contributed by atoms with Crippen molar-refractivity contribution in [2.45, 2.75) is 12.3 Å². The third-order valence-electron chi connectivity index (χ3n) is 3.11. The average Bonchev–Trinajstić information content (AvgIpc) is 2.81. The molecular weight excluding hydrogens is 282 g/mol. The predicted octanol–water partition coefficient (Wildman–Crippen LogP) is 3.31. The van der Waals surface area contributed by atoms with Crippen LogP contribution in [0, 0.1) is 0 Å². The Morgan fingerprint density at radius 2 is 2.26 bits per heavy atom. The first kappa shape index (κ1) is 12.4. The fourth-order valence-corrected chi connectivity index (χ4v) is 3.50. The van der Waals surface area contributed by atoms with Crippen molar-refractivity contribution >= 4 is 39.8 Å². The normalized spacial score (nSPS) is 17.8. The van der Waals surface area contributed by atoms with Gasteiger partial charge >= 0.3 is 0 Å². The number of carbonyl (C=O) groups excluding carboxylic acids is 1. The largest absolute Gasteiger partial charge is 0.365 e. The highest BCUT2D eigenvalue weighted by molar-refractivity contribution is 7.16. The topological polar surface area (TPSA) is 54.0 Å². The number of amides is 1. The maximum Gasteiger partial charge on any atom is 0.226 e. The van der Waals surface area contributed by atoms with Gasteiger partial charge in [0, 0.05) is 24.4 Å². The molecule has 1 unspecified atom stereocenters. The fourth-order valence-electron chi connectivity index (χ4n) is 2.23. The maximum absolute atomic E-state index is 11.8. The molecule has 1 aromatic carbocycles. The number of nitrogens with zero attached hydrogens (tertiary/aromatic N) is 1. The van der Waals surface area contributed by atoms with Gasteiger partial charge in [-0.2, -0.15) is 0 Å². The molecule has 0 saturated carbocycles. The van der Waals surface area contributed by atoms with Gasteiger partial charge in [0.1, 0.15) is 5.82 Å². The van der Waals surface area contributed by atoms with E-state index in [4.69, 9.17) is 11.6 Å². The minimum absolute atomic E-state index is 0.0166. The van der Waals surface area contributed by atoms with E-state index in [1.807, 2.05) is 31.3 Å². The van der Waals surface area contributed by atoms with Crippen LogP contribution in [0.2, 0.25) is 5.02 Å². The highest BCUT2D eigenvalue weighted by atomic mass is 35.5. The van der Waals surface area contributed by atoms with Crippen LogP contribution in [0.1, 0.15) is 22.8 Å². The van der Waals surface area contributed by atoms with Crippen molar-refractivity contribution < 1.29 is 4.79 Å². The second kappa shape index (κ2) is 4.83. The van der Waals surface area contributed by atoms with Crippen molar-refractivity contribution in [3.63, 3.8) is 0 Å². The highest BCUT2D eigenvalue weighted by Crippen LogP contribution is 2.43. The van der Waals surface area contributed by atoms with E-state index in [1.54, 1.807) is 11.3 Å². The van der Waals surface area contributed by atoms with Crippen LogP contribution in [-0.4, -0.2) is 17.9 Å². The second-order valence-corrected chi connectivity index (χ2v) is 5.75. The SMILES string of the molecule is CNc1nc2c(s1)C(c1ccccc1Cl)CC(=O)N2. The van der Waals surface area contributed by atoms with Gasteiger partial charge in [0.05, 0.1) is 4.88 Å². The van der Waals surface area contributed by atoms with Crippen molar-refractivity contribution in [3.05, 3.63) is 39.7 Å². The van der Waals surface area contributed by atoms with Crippen LogP contribution >= 0.6 is 22.9 Å². The minimum atomic E-state index is -0.0228. The third kappa shape index (κ3) is 2.19. The first-order chi connectivity index (χ1) is 9.19. The van der Waals surface area contributed by atoms with Crippen LogP contribution in [0.5, 0.6) is 0 Å². The molecule has 6 heteroatoms. The molecule has 3 rings (SSSR count). The third-order valence-corrected chi connectivity index (χ3v) is 4.64. The molecule has 1 aliphatic heterocycles. The van der Waals surface area contributed by atoms with Crippen LogP contribution < -0.4 is 10.6 Å². The number of fused-ring (bicyclic) bond motifs is 1. The van der Waals surface area contributed by atoms with Gasteiger partial charge in [0.2, 0.25) is 5.91 Å². The van der Waals surface area contributed by atoms with Gasteiger partial charge in [-0.1, -0.05) is 41.1 Å². The molecule has 1 aromatic heterocycles. The summed E-state index contributed by atoms with van der Waals surface area (Å²) >= 11 is 7.80. The van der Waals surface area contributed by atoms with Gasteiger partial charge in [-0.25, -0.2) is 4.98 Å². The predicted molar refractivity (Wildman–Crippen MR) is 78.2 cm³/mol. The molecule has 0 aliphatic carbocycles. The summed E-state index contributed by atoms with van der Waals surface area (Å²) in [5.74, 6) is 0.609. The van der Waals surface area contributed by atoms with Crippen molar-refractivity contribution in [3.8, 4) is 0 Å². The Hall–Kier alpha value is -1.59. The summed E-state index contributed by atoms with van der Waals surface area (Å²) < 4.78 is 0. The number of benzene rings is 1. The van der Waals surface area contributed by atoms with E-state index in [0.717, 1.165) is 15.6 Å². The summed E-state index contributed by atoms with van der Waals surface area (Å²) in [5.41, 5.74) is 0.978. The lowest BCUT2D eigenvalue weighted by atomic mass is 9.91. The number of thiazole rings is 1. The number of nitrogens with one attached hydrogen (secondary N) is 2. The molecule has 0 bridgehead atoms.